The Balaban J connectivity index is 1.68. The number of carboxylic acid groups (broad SMARTS) is 1. The molecule has 1 aromatic rings. The molecule has 29 heavy (non-hydrogen) atoms. The Morgan fingerprint density at radius 1 is 1.17 bits per heavy atom. The van der Waals surface area contributed by atoms with Gasteiger partial charge in [0.2, 0.25) is 12.7 Å². The summed E-state index contributed by atoms with van der Waals surface area (Å²) in [6.07, 6.45) is 2.45. The van der Waals surface area contributed by atoms with Crippen molar-refractivity contribution in [1.82, 2.24) is 9.80 Å². The van der Waals surface area contributed by atoms with Crippen LogP contribution >= 0.6 is 0 Å². The van der Waals surface area contributed by atoms with Gasteiger partial charge in [0.25, 0.3) is 0 Å². The number of aliphatic hydroxyl groups is 1. The Bertz CT molecular complexity index is 717. The van der Waals surface area contributed by atoms with Crippen LogP contribution in [-0.4, -0.2) is 78.0 Å². The van der Waals surface area contributed by atoms with E-state index in [9.17, 15) is 14.7 Å². The zero-order chi connectivity index (χ0) is 20.8. The van der Waals surface area contributed by atoms with Crippen LogP contribution in [0.25, 0.3) is 0 Å². The number of carboxylic acids is 1. The predicted octanol–water partition coefficient (Wildman–Crippen LogP) is 1.53. The number of likely N-dealkylation sites (tertiary alicyclic amines) is 1. The third-order valence-corrected chi connectivity index (χ3v) is 5.62. The van der Waals surface area contributed by atoms with Gasteiger partial charge >= 0.3 is 5.97 Å². The molecular formula is C21H30N2O6. The Hall–Kier alpha value is -2.32. The second kappa shape index (κ2) is 9.93. The first-order valence-corrected chi connectivity index (χ1v) is 10.3. The number of unbranched alkanes of at least 4 members (excludes halogenated alkanes) is 1. The van der Waals surface area contributed by atoms with Crippen LogP contribution in [0.2, 0.25) is 0 Å². The number of carbonyl (C=O) groups excluding carboxylic acids is 1. The number of fused-ring (bicyclic) bond motifs is 1. The number of amides is 1. The molecular weight excluding hydrogens is 376 g/mol. The average molecular weight is 406 g/mol. The molecule has 0 saturated carbocycles. The molecule has 2 unspecified atom stereocenters. The van der Waals surface area contributed by atoms with Crippen molar-refractivity contribution in [3.05, 3.63) is 23.8 Å². The van der Waals surface area contributed by atoms with E-state index in [0.717, 1.165) is 18.4 Å². The first-order valence-electron chi connectivity index (χ1n) is 10.3. The summed E-state index contributed by atoms with van der Waals surface area (Å²) in [6.45, 7) is 4.52. The molecule has 1 saturated heterocycles. The van der Waals surface area contributed by atoms with Crippen molar-refractivity contribution in [2.45, 2.75) is 32.1 Å². The van der Waals surface area contributed by atoms with E-state index in [2.05, 4.69) is 6.92 Å². The van der Waals surface area contributed by atoms with Crippen molar-refractivity contribution in [1.29, 1.82) is 0 Å². The van der Waals surface area contributed by atoms with Gasteiger partial charge in [-0.05, 0) is 30.5 Å². The molecule has 2 aliphatic rings. The number of rotatable bonds is 10. The van der Waals surface area contributed by atoms with Gasteiger partial charge in [-0.3, -0.25) is 14.5 Å². The summed E-state index contributed by atoms with van der Waals surface area (Å²) in [5, 5.41) is 18.8. The first-order chi connectivity index (χ1) is 14.0. The van der Waals surface area contributed by atoms with Gasteiger partial charge in [-0.25, -0.2) is 0 Å². The third kappa shape index (κ3) is 5.19. The van der Waals surface area contributed by atoms with Gasteiger partial charge < -0.3 is 24.6 Å². The molecule has 0 aromatic heterocycles. The Labute approximate surface area is 171 Å². The number of carbonyl (C=O) groups is 2. The molecule has 8 nitrogen and oxygen atoms in total. The van der Waals surface area contributed by atoms with Gasteiger partial charge in [0.05, 0.1) is 12.5 Å². The highest BCUT2D eigenvalue weighted by Gasteiger charge is 2.40. The largest absolute Gasteiger partial charge is 0.481 e. The Morgan fingerprint density at radius 2 is 1.93 bits per heavy atom. The highest BCUT2D eigenvalue weighted by molar-refractivity contribution is 5.79. The summed E-state index contributed by atoms with van der Waals surface area (Å²) < 4.78 is 10.8. The molecule has 2 N–H and O–H groups in total. The molecule has 0 radical (unpaired) electrons. The van der Waals surface area contributed by atoms with Crippen LogP contribution in [0.15, 0.2) is 18.2 Å². The van der Waals surface area contributed by atoms with Crippen molar-refractivity contribution in [3.63, 3.8) is 0 Å². The number of hydrogen-bond acceptors (Lipinski definition) is 6. The molecule has 1 fully saturated rings. The van der Waals surface area contributed by atoms with Crippen molar-refractivity contribution < 1.29 is 29.3 Å². The van der Waals surface area contributed by atoms with Crippen molar-refractivity contribution in [2.24, 2.45) is 5.92 Å². The van der Waals surface area contributed by atoms with Crippen molar-refractivity contribution >= 4 is 11.9 Å². The SMILES string of the molecule is CCCCN(CCCO)C(=O)CN1CC(C(=O)O)C(c2ccc3c(c2)OCO3)C1. The van der Waals surface area contributed by atoms with E-state index < -0.39 is 11.9 Å². The minimum absolute atomic E-state index is 0.0117. The predicted molar refractivity (Wildman–Crippen MR) is 106 cm³/mol. The first kappa shape index (κ1) is 21.4. The molecule has 1 aromatic carbocycles. The molecule has 1 amide bonds. The molecule has 8 heteroatoms. The number of ether oxygens (including phenoxy) is 2. The van der Waals surface area contributed by atoms with E-state index in [-0.39, 0.29) is 31.8 Å². The fourth-order valence-electron chi connectivity index (χ4n) is 4.01. The van der Waals surface area contributed by atoms with Crippen LogP contribution in [0.3, 0.4) is 0 Å². The standard InChI is InChI=1S/C21H30N2O6/c1-2-3-7-23(8-4-9-24)20(25)13-22-11-16(17(12-22)21(26)27)15-5-6-18-19(10-15)29-14-28-18/h5-6,10,16-17,24H,2-4,7-9,11-14H2,1H3,(H,26,27). The topological polar surface area (TPSA) is 99.5 Å². The zero-order valence-corrected chi connectivity index (χ0v) is 16.9. The quantitative estimate of drug-likeness (QED) is 0.608. The maximum absolute atomic E-state index is 12.8. The summed E-state index contributed by atoms with van der Waals surface area (Å²) >= 11 is 0. The van der Waals surface area contributed by atoms with Gasteiger partial charge in [0.1, 0.15) is 0 Å². The second-order valence-corrected chi connectivity index (χ2v) is 7.67. The fraction of sp³-hybridized carbons (Fsp3) is 0.619. The average Bonchev–Trinajstić information content (AvgIpc) is 3.34. The molecule has 2 atom stereocenters. The maximum Gasteiger partial charge on any atom is 0.308 e. The Morgan fingerprint density at radius 3 is 2.66 bits per heavy atom. The highest BCUT2D eigenvalue weighted by Crippen LogP contribution is 2.39. The third-order valence-electron chi connectivity index (χ3n) is 5.62. The van der Waals surface area contributed by atoms with E-state index in [1.807, 2.05) is 23.1 Å². The van der Waals surface area contributed by atoms with E-state index in [1.54, 1.807) is 4.90 Å². The minimum atomic E-state index is -0.856. The number of aliphatic carboxylic acids is 1. The molecule has 0 bridgehead atoms. The fourth-order valence-corrected chi connectivity index (χ4v) is 4.01. The van der Waals surface area contributed by atoms with Gasteiger partial charge in [-0.1, -0.05) is 19.4 Å². The second-order valence-electron chi connectivity index (χ2n) is 7.67. The van der Waals surface area contributed by atoms with Gasteiger partial charge in [-0.2, -0.15) is 0 Å². The molecule has 2 heterocycles. The zero-order valence-electron chi connectivity index (χ0n) is 16.9. The van der Waals surface area contributed by atoms with Gasteiger partial charge in [0.15, 0.2) is 11.5 Å². The lowest BCUT2D eigenvalue weighted by molar-refractivity contribution is -0.142. The molecule has 160 valence electrons. The van der Waals surface area contributed by atoms with E-state index in [0.29, 0.717) is 44.1 Å². The molecule has 3 rings (SSSR count). The van der Waals surface area contributed by atoms with Gasteiger partial charge in [-0.15, -0.1) is 0 Å². The summed E-state index contributed by atoms with van der Waals surface area (Å²) in [5.74, 6) is -0.355. The van der Waals surface area contributed by atoms with E-state index in [1.165, 1.54) is 0 Å². The number of hydrogen-bond donors (Lipinski definition) is 2. The normalized spacial score (nSPS) is 20.8. The van der Waals surface area contributed by atoms with Crippen LogP contribution in [0.4, 0.5) is 0 Å². The monoisotopic (exact) mass is 406 g/mol. The lowest BCUT2D eigenvalue weighted by Crippen LogP contribution is -2.41. The number of nitrogens with zero attached hydrogens (tertiary/aromatic N) is 2. The van der Waals surface area contributed by atoms with Gasteiger partial charge in [0, 0.05) is 38.7 Å². The van der Waals surface area contributed by atoms with Crippen LogP contribution in [0.1, 0.15) is 37.7 Å². The number of aliphatic hydroxyl groups excluding tert-OH is 1. The van der Waals surface area contributed by atoms with Crippen LogP contribution in [0.5, 0.6) is 11.5 Å². The van der Waals surface area contributed by atoms with E-state index in [4.69, 9.17) is 14.6 Å². The van der Waals surface area contributed by atoms with Crippen molar-refractivity contribution in [2.75, 3.05) is 46.1 Å². The van der Waals surface area contributed by atoms with Crippen LogP contribution in [0, 0.1) is 5.92 Å². The molecule has 0 spiro atoms. The smallest absolute Gasteiger partial charge is 0.308 e. The van der Waals surface area contributed by atoms with Crippen molar-refractivity contribution in [3.8, 4) is 11.5 Å². The lowest BCUT2D eigenvalue weighted by Gasteiger charge is -2.25. The molecule has 2 aliphatic heterocycles. The summed E-state index contributed by atoms with van der Waals surface area (Å²) in [5.41, 5.74) is 0.889. The highest BCUT2D eigenvalue weighted by atomic mass is 16.7. The summed E-state index contributed by atoms with van der Waals surface area (Å²) in [6, 6.07) is 5.54. The number of benzene rings is 1. The summed E-state index contributed by atoms with van der Waals surface area (Å²) in [4.78, 5) is 28.4. The summed E-state index contributed by atoms with van der Waals surface area (Å²) in [7, 11) is 0. The maximum atomic E-state index is 12.8. The Kier molecular flexibility index (Phi) is 7.33. The minimum Gasteiger partial charge on any atom is -0.481 e. The molecule has 0 aliphatic carbocycles. The van der Waals surface area contributed by atoms with Crippen LogP contribution in [-0.2, 0) is 9.59 Å². The lowest BCUT2D eigenvalue weighted by atomic mass is 9.89. The van der Waals surface area contributed by atoms with Crippen LogP contribution < -0.4 is 9.47 Å². The van der Waals surface area contributed by atoms with E-state index >= 15 is 0 Å².